The number of aliphatic imine (C=N–C) groups is 1. The highest BCUT2D eigenvalue weighted by molar-refractivity contribution is 7.09. The zero-order valence-electron chi connectivity index (χ0n) is 13.7. The summed E-state index contributed by atoms with van der Waals surface area (Å²) in [5.74, 6) is 0.542. The number of halogens is 4. The molecule has 2 N–H and O–H groups in total. The van der Waals surface area contributed by atoms with Crippen molar-refractivity contribution in [2.45, 2.75) is 25.6 Å². The lowest BCUT2D eigenvalue weighted by Crippen LogP contribution is -2.39. The van der Waals surface area contributed by atoms with E-state index in [9.17, 15) is 13.2 Å². The SMILES string of the molecule is CN=C(NCCc1nc(C(F)(F)F)cs1)NC(C)c1ccccc1Cl. The van der Waals surface area contributed by atoms with Gasteiger partial charge in [-0.15, -0.1) is 11.3 Å². The Morgan fingerprint density at radius 3 is 2.68 bits per heavy atom. The van der Waals surface area contributed by atoms with Crippen molar-refractivity contribution in [2.75, 3.05) is 13.6 Å². The van der Waals surface area contributed by atoms with Crippen molar-refractivity contribution in [3.8, 4) is 0 Å². The number of guanidine groups is 1. The monoisotopic (exact) mass is 390 g/mol. The highest BCUT2D eigenvalue weighted by Crippen LogP contribution is 2.30. The van der Waals surface area contributed by atoms with Crippen LogP contribution in [0.3, 0.4) is 0 Å². The molecule has 0 spiro atoms. The second-order valence-electron chi connectivity index (χ2n) is 5.26. The van der Waals surface area contributed by atoms with Crippen molar-refractivity contribution in [2.24, 2.45) is 4.99 Å². The molecule has 25 heavy (non-hydrogen) atoms. The highest BCUT2D eigenvalue weighted by atomic mass is 35.5. The normalized spacial score (nSPS) is 13.6. The van der Waals surface area contributed by atoms with Crippen LogP contribution in [0.25, 0.3) is 0 Å². The first-order chi connectivity index (χ1) is 11.8. The molecule has 0 aliphatic rings. The van der Waals surface area contributed by atoms with Gasteiger partial charge in [-0.3, -0.25) is 4.99 Å². The molecule has 0 amide bonds. The van der Waals surface area contributed by atoms with Crippen LogP contribution in [-0.2, 0) is 12.6 Å². The number of alkyl halides is 3. The van der Waals surface area contributed by atoms with E-state index in [2.05, 4.69) is 20.6 Å². The first-order valence-corrected chi connectivity index (χ1v) is 8.80. The second-order valence-corrected chi connectivity index (χ2v) is 6.61. The van der Waals surface area contributed by atoms with Crippen LogP contribution in [0, 0.1) is 0 Å². The van der Waals surface area contributed by atoms with Crippen LogP contribution < -0.4 is 10.6 Å². The van der Waals surface area contributed by atoms with Gasteiger partial charge in [0.05, 0.1) is 11.0 Å². The molecule has 2 aromatic rings. The van der Waals surface area contributed by atoms with Gasteiger partial charge in [0.2, 0.25) is 0 Å². The number of hydrogen-bond acceptors (Lipinski definition) is 3. The standard InChI is InChI=1S/C16H18ClF3N4S/c1-10(11-5-3-4-6-12(11)17)23-15(21-2)22-8-7-14-24-13(9-25-14)16(18,19)20/h3-6,9-10H,7-8H2,1-2H3,(H2,21,22,23). The number of benzene rings is 1. The summed E-state index contributed by atoms with van der Waals surface area (Å²) in [7, 11) is 1.62. The van der Waals surface area contributed by atoms with E-state index in [1.807, 2.05) is 31.2 Å². The molecular weight excluding hydrogens is 373 g/mol. The van der Waals surface area contributed by atoms with Crippen molar-refractivity contribution in [3.05, 3.63) is 50.9 Å². The first kappa shape index (κ1) is 19.5. The maximum absolute atomic E-state index is 12.5. The molecule has 1 unspecified atom stereocenters. The minimum atomic E-state index is -4.40. The summed E-state index contributed by atoms with van der Waals surface area (Å²) in [5, 5.41) is 8.37. The number of nitrogens with one attached hydrogen (secondary N) is 2. The van der Waals surface area contributed by atoms with Gasteiger partial charge in [-0.1, -0.05) is 29.8 Å². The van der Waals surface area contributed by atoms with Crippen molar-refractivity contribution >= 4 is 28.9 Å². The minimum absolute atomic E-state index is 0.0726. The highest BCUT2D eigenvalue weighted by Gasteiger charge is 2.33. The molecule has 1 heterocycles. The van der Waals surface area contributed by atoms with Gasteiger partial charge in [-0.05, 0) is 18.6 Å². The molecule has 0 bridgehead atoms. The van der Waals surface area contributed by atoms with E-state index in [4.69, 9.17) is 11.6 Å². The minimum Gasteiger partial charge on any atom is -0.356 e. The second kappa shape index (κ2) is 8.53. The first-order valence-electron chi connectivity index (χ1n) is 7.54. The Morgan fingerprint density at radius 1 is 1.36 bits per heavy atom. The number of rotatable bonds is 5. The maximum Gasteiger partial charge on any atom is 0.434 e. The molecule has 0 saturated heterocycles. The quantitative estimate of drug-likeness (QED) is 0.591. The molecule has 9 heteroatoms. The lowest BCUT2D eigenvalue weighted by molar-refractivity contribution is -0.140. The molecule has 136 valence electrons. The van der Waals surface area contributed by atoms with Gasteiger partial charge in [-0.25, -0.2) is 4.98 Å². The van der Waals surface area contributed by atoms with Gasteiger partial charge in [0.1, 0.15) is 0 Å². The average Bonchev–Trinajstić information content (AvgIpc) is 3.03. The fourth-order valence-corrected chi connectivity index (χ4v) is 3.25. The Morgan fingerprint density at radius 2 is 2.08 bits per heavy atom. The predicted molar refractivity (Wildman–Crippen MR) is 95.2 cm³/mol. The fraction of sp³-hybridized carbons (Fsp3) is 0.375. The molecule has 0 saturated carbocycles. The van der Waals surface area contributed by atoms with Gasteiger partial charge in [0.15, 0.2) is 11.7 Å². The summed E-state index contributed by atoms with van der Waals surface area (Å²) in [4.78, 5) is 7.71. The van der Waals surface area contributed by atoms with Gasteiger partial charge < -0.3 is 10.6 Å². The predicted octanol–water partition coefficient (Wildman–Crippen LogP) is 4.28. The Kier molecular flexibility index (Phi) is 6.66. The topological polar surface area (TPSA) is 49.3 Å². The van der Waals surface area contributed by atoms with Crippen LogP contribution in [0.15, 0.2) is 34.6 Å². The largest absolute Gasteiger partial charge is 0.434 e. The van der Waals surface area contributed by atoms with Gasteiger partial charge in [0.25, 0.3) is 0 Å². The van der Waals surface area contributed by atoms with Crippen LogP contribution >= 0.6 is 22.9 Å². The number of aromatic nitrogens is 1. The van der Waals surface area contributed by atoms with Crippen LogP contribution in [0.2, 0.25) is 5.02 Å². The molecule has 0 aliphatic carbocycles. The summed E-state index contributed by atoms with van der Waals surface area (Å²) in [6.07, 6.45) is -4.02. The Hall–Kier alpha value is -1.80. The fourth-order valence-electron chi connectivity index (χ4n) is 2.15. The Balaban J connectivity index is 1.86. The van der Waals surface area contributed by atoms with Gasteiger partial charge in [-0.2, -0.15) is 13.2 Å². The van der Waals surface area contributed by atoms with Crippen molar-refractivity contribution < 1.29 is 13.2 Å². The molecule has 1 aromatic carbocycles. The summed E-state index contributed by atoms with van der Waals surface area (Å²) in [6.45, 7) is 2.37. The summed E-state index contributed by atoms with van der Waals surface area (Å²) < 4.78 is 37.6. The third-order valence-electron chi connectivity index (χ3n) is 3.42. The molecule has 0 radical (unpaired) electrons. The van der Waals surface area contributed by atoms with Crippen LogP contribution in [-0.4, -0.2) is 24.5 Å². The van der Waals surface area contributed by atoms with Crippen molar-refractivity contribution in [1.82, 2.24) is 15.6 Å². The van der Waals surface area contributed by atoms with Crippen molar-refractivity contribution in [3.63, 3.8) is 0 Å². The number of thiazole rings is 1. The zero-order chi connectivity index (χ0) is 18.4. The van der Waals surface area contributed by atoms with E-state index in [1.165, 1.54) is 0 Å². The van der Waals surface area contributed by atoms with Crippen LogP contribution in [0.5, 0.6) is 0 Å². The number of hydrogen-bond donors (Lipinski definition) is 2. The summed E-state index contributed by atoms with van der Waals surface area (Å²) in [5.41, 5.74) is 0.0872. The smallest absolute Gasteiger partial charge is 0.356 e. The van der Waals surface area contributed by atoms with Gasteiger partial charge in [0, 0.05) is 30.4 Å². The summed E-state index contributed by atoms with van der Waals surface area (Å²) in [6, 6.07) is 7.41. The van der Waals surface area contributed by atoms with E-state index in [0.29, 0.717) is 29.0 Å². The molecule has 1 aromatic heterocycles. The third kappa shape index (κ3) is 5.61. The summed E-state index contributed by atoms with van der Waals surface area (Å²) >= 11 is 7.17. The van der Waals surface area contributed by atoms with E-state index >= 15 is 0 Å². The molecule has 0 aliphatic heterocycles. The third-order valence-corrected chi connectivity index (χ3v) is 4.67. The van der Waals surface area contributed by atoms with Crippen molar-refractivity contribution in [1.29, 1.82) is 0 Å². The molecule has 4 nitrogen and oxygen atoms in total. The molecule has 2 rings (SSSR count). The Bertz CT molecular complexity index is 730. The zero-order valence-corrected chi connectivity index (χ0v) is 15.3. The average molecular weight is 391 g/mol. The maximum atomic E-state index is 12.5. The molecule has 0 fully saturated rings. The lowest BCUT2D eigenvalue weighted by atomic mass is 10.1. The lowest BCUT2D eigenvalue weighted by Gasteiger charge is -2.19. The van der Waals surface area contributed by atoms with E-state index < -0.39 is 11.9 Å². The van der Waals surface area contributed by atoms with Crippen LogP contribution in [0.4, 0.5) is 13.2 Å². The van der Waals surface area contributed by atoms with Crippen LogP contribution in [0.1, 0.15) is 29.2 Å². The van der Waals surface area contributed by atoms with E-state index in [1.54, 1.807) is 7.05 Å². The number of nitrogens with zero attached hydrogens (tertiary/aromatic N) is 2. The van der Waals surface area contributed by atoms with Gasteiger partial charge >= 0.3 is 6.18 Å². The van der Waals surface area contributed by atoms with E-state index in [-0.39, 0.29) is 6.04 Å². The molecular formula is C16H18ClF3N4S. The Labute approximate surface area is 153 Å². The molecule has 1 atom stereocenters. The van der Waals surface area contributed by atoms with E-state index in [0.717, 1.165) is 22.3 Å².